The third-order valence-electron chi connectivity index (χ3n) is 3.63. The van der Waals surface area contributed by atoms with Gasteiger partial charge in [-0.25, -0.2) is 9.78 Å². The molecule has 1 saturated carbocycles. The first-order valence-electron chi connectivity index (χ1n) is 7.69. The highest BCUT2D eigenvalue weighted by atomic mass is 35.5. The molecule has 1 aromatic carbocycles. The van der Waals surface area contributed by atoms with Gasteiger partial charge >= 0.3 is 5.97 Å². The fraction of sp³-hybridized carbons (Fsp3) is 0.353. The van der Waals surface area contributed by atoms with E-state index in [0.717, 1.165) is 18.4 Å². The number of nitrogens with one attached hydrogen (secondary N) is 1. The number of amides is 1. The third kappa shape index (κ3) is 3.94. The molecule has 1 fully saturated rings. The molecular formula is C17H17ClN2O3S. The number of aryl methyl sites for hydroxylation is 1. The molecule has 1 atom stereocenters. The van der Waals surface area contributed by atoms with Crippen molar-refractivity contribution in [2.75, 3.05) is 0 Å². The van der Waals surface area contributed by atoms with Crippen LogP contribution in [0.5, 0.6) is 0 Å². The molecule has 1 aliphatic carbocycles. The number of benzene rings is 1. The van der Waals surface area contributed by atoms with Crippen LogP contribution in [0.15, 0.2) is 24.3 Å². The Morgan fingerprint density at radius 3 is 2.83 bits per heavy atom. The van der Waals surface area contributed by atoms with Crippen LogP contribution in [0.3, 0.4) is 0 Å². The van der Waals surface area contributed by atoms with Crippen LogP contribution in [-0.4, -0.2) is 29.0 Å². The predicted molar refractivity (Wildman–Crippen MR) is 93.3 cm³/mol. The zero-order valence-electron chi connectivity index (χ0n) is 13.3. The lowest BCUT2D eigenvalue weighted by Crippen LogP contribution is -2.37. The molecule has 1 amide bonds. The van der Waals surface area contributed by atoms with Gasteiger partial charge in [-0.15, -0.1) is 11.3 Å². The number of nitrogens with zero attached hydrogens (tertiary/aromatic N) is 1. The van der Waals surface area contributed by atoms with Crippen molar-refractivity contribution in [1.82, 2.24) is 10.3 Å². The minimum atomic E-state index is -0.825. The van der Waals surface area contributed by atoms with Crippen LogP contribution in [0.1, 0.15) is 35.1 Å². The highest BCUT2D eigenvalue weighted by Gasteiger charge is 2.28. The van der Waals surface area contributed by atoms with E-state index in [1.54, 1.807) is 26.0 Å². The van der Waals surface area contributed by atoms with Gasteiger partial charge < -0.3 is 10.1 Å². The number of rotatable bonds is 5. The third-order valence-corrected chi connectivity index (χ3v) is 5.05. The second kappa shape index (κ2) is 6.91. The van der Waals surface area contributed by atoms with Crippen molar-refractivity contribution in [3.63, 3.8) is 0 Å². The van der Waals surface area contributed by atoms with Gasteiger partial charge in [0.25, 0.3) is 5.91 Å². The summed E-state index contributed by atoms with van der Waals surface area (Å²) in [7, 11) is 0. The van der Waals surface area contributed by atoms with Crippen molar-refractivity contribution in [1.29, 1.82) is 0 Å². The molecule has 1 heterocycles. The van der Waals surface area contributed by atoms with Gasteiger partial charge in [-0.1, -0.05) is 23.7 Å². The lowest BCUT2D eigenvalue weighted by molar-refractivity contribution is -0.129. The second-order valence-electron chi connectivity index (χ2n) is 5.77. The summed E-state index contributed by atoms with van der Waals surface area (Å²) in [5.41, 5.74) is 1.42. The average Bonchev–Trinajstić information content (AvgIpc) is 3.26. The SMILES string of the molecule is Cc1nc(-c2cccc(Cl)c2)sc1C(=O)O[C@H](C)C(=O)NC1CC1. The van der Waals surface area contributed by atoms with E-state index in [1.807, 2.05) is 12.1 Å². The standard InChI is InChI=1S/C17H17ClN2O3S/c1-9-14(17(22)23-10(2)15(21)20-13-6-7-13)24-16(19-9)11-4-3-5-12(18)8-11/h3-5,8,10,13H,6-7H2,1-2H3,(H,20,21)/t10-/m1/s1. The number of hydrogen-bond acceptors (Lipinski definition) is 5. The van der Waals surface area contributed by atoms with E-state index >= 15 is 0 Å². The number of hydrogen-bond donors (Lipinski definition) is 1. The maximum absolute atomic E-state index is 12.3. The van der Waals surface area contributed by atoms with E-state index in [9.17, 15) is 9.59 Å². The van der Waals surface area contributed by atoms with E-state index in [1.165, 1.54) is 11.3 Å². The van der Waals surface area contributed by atoms with Gasteiger partial charge in [-0.05, 0) is 38.8 Å². The van der Waals surface area contributed by atoms with Crippen molar-refractivity contribution in [2.45, 2.75) is 38.8 Å². The summed E-state index contributed by atoms with van der Waals surface area (Å²) in [5.74, 6) is -0.792. The molecule has 0 unspecified atom stereocenters. The van der Waals surface area contributed by atoms with Crippen molar-refractivity contribution < 1.29 is 14.3 Å². The monoisotopic (exact) mass is 364 g/mol. The molecule has 126 valence electrons. The zero-order chi connectivity index (χ0) is 17.3. The molecule has 1 aliphatic rings. The van der Waals surface area contributed by atoms with Crippen molar-refractivity contribution in [3.05, 3.63) is 39.9 Å². The van der Waals surface area contributed by atoms with Gasteiger partial charge in [-0.3, -0.25) is 4.79 Å². The van der Waals surface area contributed by atoms with Crippen LogP contribution >= 0.6 is 22.9 Å². The quantitative estimate of drug-likeness (QED) is 0.823. The summed E-state index contributed by atoms with van der Waals surface area (Å²) >= 11 is 7.23. The van der Waals surface area contributed by atoms with Gasteiger partial charge in [0, 0.05) is 16.6 Å². The maximum atomic E-state index is 12.3. The zero-order valence-corrected chi connectivity index (χ0v) is 14.9. The number of esters is 1. The van der Waals surface area contributed by atoms with Gasteiger partial charge in [0.15, 0.2) is 6.10 Å². The second-order valence-corrected chi connectivity index (χ2v) is 7.21. The fourth-order valence-electron chi connectivity index (χ4n) is 2.14. The number of carbonyl (C=O) groups excluding carboxylic acids is 2. The van der Waals surface area contributed by atoms with Crippen molar-refractivity contribution >= 4 is 34.8 Å². The minimum absolute atomic E-state index is 0.234. The summed E-state index contributed by atoms with van der Waals surface area (Å²) < 4.78 is 5.27. The number of ether oxygens (including phenoxy) is 1. The van der Waals surface area contributed by atoms with Gasteiger partial charge in [0.1, 0.15) is 9.88 Å². The van der Waals surface area contributed by atoms with E-state index in [0.29, 0.717) is 20.6 Å². The van der Waals surface area contributed by atoms with Crippen LogP contribution in [-0.2, 0) is 9.53 Å². The molecule has 2 aromatic rings. The summed E-state index contributed by atoms with van der Waals surface area (Å²) in [6.07, 6.45) is 1.15. The Bertz CT molecular complexity index is 786. The highest BCUT2D eigenvalue weighted by molar-refractivity contribution is 7.17. The summed E-state index contributed by atoms with van der Waals surface area (Å²) in [6.45, 7) is 3.32. The van der Waals surface area contributed by atoms with Gasteiger partial charge in [-0.2, -0.15) is 0 Å². The van der Waals surface area contributed by atoms with Crippen molar-refractivity contribution in [3.8, 4) is 10.6 Å². The Morgan fingerprint density at radius 2 is 2.17 bits per heavy atom. The normalized spacial score (nSPS) is 15.0. The lowest BCUT2D eigenvalue weighted by atomic mass is 10.2. The van der Waals surface area contributed by atoms with Crippen LogP contribution in [0.4, 0.5) is 0 Å². The molecule has 24 heavy (non-hydrogen) atoms. The molecule has 7 heteroatoms. The first-order valence-corrected chi connectivity index (χ1v) is 8.88. The number of thiazole rings is 1. The van der Waals surface area contributed by atoms with Gasteiger partial charge in [0.2, 0.25) is 0 Å². The Kier molecular flexibility index (Phi) is 4.87. The molecule has 0 saturated heterocycles. The topological polar surface area (TPSA) is 68.3 Å². The fourth-order valence-corrected chi connectivity index (χ4v) is 3.28. The molecule has 1 N–H and O–H groups in total. The molecule has 0 bridgehead atoms. The largest absolute Gasteiger partial charge is 0.448 e. The van der Waals surface area contributed by atoms with Crippen LogP contribution in [0.2, 0.25) is 5.02 Å². The number of aromatic nitrogens is 1. The molecule has 0 spiro atoms. The van der Waals surface area contributed by atoms with Gasteiger partial charge in [0.05, 0.1) is 5.69 Å². The molecule has 0 radical (unpaired) electrons. The van der Waals surface area contributed by atoms with Crippen LogP contribution < -0.4 is 5.32 Å². The molecule has 1 aromatic heterocycles. The lowest BCUT2D eigenvalue weighted by Gasteiger charge is -2.12. The maximum Gasteiger partial charge on any atom is 0.351 e. The smallest absolute Gasteiger partial charge is 0.351 e. The molecule has 0 aliphatic heterocycles. The molecule has 5 nitrogen and oxygen atoms in total. The minimum Gasteiger partial charge on any atom is -0.448 e. The van der Waals surface area contributed by atoms with E-state index in [2.05, 4.69) is 10.3 Å². The average molecular weight is 365 g/mol. The first-order chi connectivity index (χ1) is 11.4. The predicted octanol–water partition coefficient (Wildman–Crippen LogP) is 3.60. The Balaban J connectivity index is 1.72. The van der Waals surface area contributed by atoms with E-state index < -0.39 is 12.1 Å². The summed E-state index contributed by atoms with van der Waals surface area (Å²) in [4.78, 5) is 29.0. The highest BCUT2D eigenvalue weighted by Crippen LogP contribution is 2.30. The van der Waals surface area contributed by atoms with E-state index in [-0.39, 0.29) is 11.9 Å². The summed E-state index contributed by atoms with van der Waals surface area (Å²) in [5, 5.41) is 4.12. The summed E-state index contributed by atoms with van der Waals surface area (Å²) in [6, 6.07) is 7.52. The Labute approximate surface area is 149 Å². The number of carbonyl (C=O) groups is 2. The number of halogens is 1. The molecular weight excluding hydrogens is 348 g/mol. The molecule has 3 rings (SSSR count). The van der Waals surface area contributed by atoms with Crippen molar-refractivity contribution in [2.24, 2.45) is 0 Å². The van der Waals surface area contributed by atoms with E-state index in [4.69, 9.17) is 16.3 Å². The first kappa shape index (κ1) is 16.9. The van der Waals surface area contributed by atoms with Crippen LogP contribution in [0, 0.1) is 6.92 Å². The van der Waals surface area contributed by atoms with Crippen LogP contribution in [0.25, 0.3) is 10.6 Å². The Morgan fingerprint density at radius 1 is 1.42 bits per heavy atom. The Hall–Kier alpha value is -1.92.